The van der Waals surface area contributed by atoms with Crippen molar-refractivity contribution in [2.75, 3.05) is 44.3 Å². The highest BCUT2D eigenvalue weighted by Crippen LogP contribution is 2.33. The fourth-order valence-electron chi connectivity index (χ4n) is 5.21. The number of hydrogen-bond acceptors (Lipinski definition) is 6. The molecule has 9 nitrogen and oxygen atoms in total. The van der Waals surface area contributed by atoms with Crippen LogP contribution in [0, 0.1) is 12.8 Å². The maximum atomic E-state index is 12.7. The second kappa shape index (κ2) is 10.9. The Kier molecular flexibility index (Phi) is 7.46. The Balaban J connectivity index is 1.68. The molecule has 3 aromatic heterocycles. The fourth-order valence-corrected chi connectivity index (χ4v) is 5.21. The van der Waals surface area contributed by atoms with Gasteiger partial charge in [0.1, 0.15) is 0 Å². The average Bonchev–Trinajstić information content (AvgIpc) is 3.55. The zero-order valence-corrected chi connectivity index (χ0v) is 23.0. The van der Waals surface area contributed by atoms with E-state index < -0.39 is 0 Å². The van der Waals surface area contributed by atoms with E-state index in [1.54, 1.807) is 0 Å². The number of aromatic amines is 1. The summed E-state index contributed by atoms with van der Waals surface area (Å²) in [7, 11) is 0. The lowest BCUT2D eigenvalue weighted by Crippen LogP contribution is -2.37. The number of hydrogen-bond donors (Lipinski definition) is 1. The van der Waals surface area contributed by atoms with Crippen molar-refractivity contribution in [3.8, 4) is 11.3 Å². The molecule has 0 spiro atoms. The first-order valence-electron chi connectivity index (χ1n) is 13.6. The molecule has 38 heavy (non-hydrogen) atoms. The number of morpholine rings is 1. The van der Waals surface area contributed by atoms with Crippen LogP contribution in [0.4, 0.5) is 5.82 Å². The smallest absolute Gasteiger partial charge is 0.225 e. The molecule has 1 amide bonds. The van der Waals surface area contributed by atoms with Crippen LogP contribution in [0.5, 0.6) is 0 Å². The molecule has 200 valence electrons. The van der Waals surface area contributed by atoms with Crippen LogP contribution in [-0.4, -0.2) is 74.8 Å². The quantitative estimate of drug-likeness (QED) is 0.365. The van der Waals surface area contributed by atoms with Crippen LogP contribution >= 0.6 is 0 Å². The lowest BCUT2D eigenvalue weighted by atomic mass is 10.1. The molecule has 4 aromatic rings. The molecule has 1 aliphatic rings. The van der Waals surface area contributed by atoms with Gasteiger partial charge in [-0.1, -0.05) is 39.0 Å². The van der Waals surface area contributed by atoms with E-state index in [1.165, 1.54) is 0 Å². The molecule has 5 rings (SSSR count). The van der Waals surface area contributed by atoms with Crippen LogP contribution in [0.25, 0.3) is 33.4 Å². The highest BCUT2D eigenvalue weighted by Gasteiger charge is 2.23. The van der Waals surface area contributed by atoms with E-state index in [0.717, 1.165) is 70.1 Å². The summed E-state index contributed by atoms with van der Waals surface area (Å²) in [6.07, 6.45) is 6.96. The Morgan fingerprint density at radius 2 is 2.00 bits per heavy atom. The predicted octanol–water partition coefficient (Wildman–Crippen LogP) is 4.72. The van der Waals surface area contributed by atoms with Gasteiger partial charge in [0.15, 0.2) is 11.5 Å². The van der Waals surface area contributed by atoms with Gasteiger partial charge in [-0.3, -0.25) is 14.3 Å². The minimum atomic E-state index is -0.0266. The highest BCUT2D eigenvalue weighted by atomic mass is 16.5. The number of likely N-dealkylation sites (N-methyl/N-ethyl adjacent to an activating group) is 1. The number of carbonyl (C=O) groups excluding carboxylic acids is 1. The Bertz CT molecular complexity index is 1480. The van der Waals surface area contributed by atoms with Crippen molar-refractivity contribution in [2.24, 2.45) is 5.92 Å². The van der Waals surface area contributed by atoms with Gasteiger partial charge in [-0.2, -0.15) is 5.10 Å². The molecule has 1 aromatic carbocycles. The molecule has 9 heteroatoms. The van der Waals surface area contributed by atoms with E-state index in [9.17, 15) is 4.79 Å². The second-order valence-corrected chi connectivity index (χ2v) is 10.0. The molecule has 0 bridgehead atoms. The Labute approximate surface area is 223 Å². The number of aryl methyl sites for hydroxylation is 1. The number of amides is 1. The topological polar surface area (TPSA) is 91.6 Å². The van der Waals surface area contributed by atoms with Crippen LogP contribution in [0.1, 0.15) is 45.5 Å². The summed E-state index contributed by atoms with van der Waals surface area (Å²) in [4.78, 5) is 27.1. The molecule has 4 heterocycles. The Hall–Kier alpha value is -3.72. The SMILES string of the molecule is CC/C(=C\CN(CC)C(=O)C(C)C)c1c(C)nc2c(N3CCOCC3)nc(-c3cccc4[nH]ncc34)cn12. The number of rotatable bonds is 8. The summed E-state index contributed by atoms with van der Waals surface area (Å²) < 4.78 is 7.82. The van der Waals surface area contributed by atoms with E-state index in [4.69, 9.17) is 14.7 Å². The van der Waals surface area contributed by atoms with Crippen LogP contribution in [0.2, 0.25) is 0 Å². The van der Waals surface area contributed by atoms with Gasteiger partial charge in [0.25, 0.3) is 0 Å². The summed E-state index contributed by atoms with van der Waals surface area (Å²) in [6.45, 7) is 14.3. The summed E-state index contributed by atoms with van der Waals surface area (Å²) in [5, 5.41) is 8.36. The summed E-state index contributed by atoms with van der Waals surface area (Å²) >= 11 is 0. The van der Waals surface area contributed by atoms with Gasteiger partial charge in [-0.05, 0) is 31.9 Å². The first-order chi connectivity index (χ1) is 18.4. The number of H-pyrrole nitrogens is 1. The minimum absolute atomic E-state index is 0.0266. The summed E-state index contributed by atoms with van der Waals surface area (Å²) in [5.41, 5.74) is 6.88. The zero-order valence-electron chi connectivity index (χ0n) is 23.0. The largest absolute Gasteiger partial charge is 0.378 e. The highest BCUT2D eigenvalue weighted by molar-refractivity contribution is 5.94. The minimum Gasteiger partial charge on any atom is -0.378 e. The van der Waals surface area contributed by atoms with Gasteiger partial charge in [-0.25, -0.2) is 9.97 Å². The number of allylic oxidation sites excluding steroid dienone is 1. The van der Waals surface area contributed by atoms with Crippen molar-refractivity contribution in [2.45, 2.75) is 41.0 Å². The number of nitrogens with zero attached hydrogens (tertiary/aromatic N) is 6. The van der Waals surface area contributed by atoms with E-state index >= 15 is 0 Å². The third kappa shape index (κ3) is 4.78. The molecule has 1 fully saturated rings. The first kappa shape index (κ1) is 25.9. The van der Waals surface area contributed by atoms with Crippen LogP contribution in [0.15, 0.2) is 36.7 Å². The Morgan fingerprint density at radius 1 is 1.21 bits per heavy atom. The number of aromatic nitrogens is 5. The van der Waals surface area contributed by atoms with Crippen molar-refractivity contribution in [3.63, 3.8) is 0 Å². The predicted molar refractivity (Wildman–Crippen MR) is 151 cm³/mol. The molecule has 1 aliphatic heterocycles. The van der Waals surface area contributed by atoms with E-state index in [0.29, 0.717) is 26.3 Å². The van der Waals surface area contributed by atoms with Crippen molar-refractivity contribution < 1.29 is 9.53 Å². The second-order valence-electron chi connectivity index (χ2n) is 10.0. The number of fused-ring (bicyclic) bond motifs is 2. The molecule has 1 N–H and O–H groups in total. The molecule has 0 unspecified atom stereocenters. The van der Waals surface area contributed by atoms with Gasteiger partial charge in [0.2, 0.25) is 5.91 Å². The molecule has 0 saturated carbocycles. The van der Waals surface area contributed by atoms with Gasteiger partial charge in [-0.15, -0.1) is 0 Å². The molecule has 1 saturated heterocycles. The van der Waals surface area contributed by atoms with Crippen molar-refractivity contribution in [3.05, 3.63) is 48.1 Å². The van der Waals surface area contributed by atoms with Crippen LogP contribution < -0.4 is 4.90 Å². The summed E-state index contributed by atoms with van der Waals surface area (Å²) in [6, 6.07) is 6.14. The normalized spacial score (nSPS) is 14.7. The third-order valence-electron chi connectivity index (χ3n) is 7.26. The van der Waals surface area contributed by atoms with Gasteiger partial charge in [0, 0.05) is 49.2 Å². The fraction of sp³-hybridized carbons (Fsp3) is 0.448. The number of nitrogens with one attached hydrogen (secondary N) is 1. The van der Waals surface area contributed by atoms with Gasteiger partial charge < -0.3 is 14.5 Å². The van der Waals surface area contributed by atoms with E-state index in [-0.39, 0.29) is 11.8 Å². The number of carbonyl (C=O) groups is 1. The van der Waals surface area contributed by atoms with Crippen molar-refractivity contribution in [1.82, 2.24) is 29.5 Å². The monoisotopic (exact) mass is 515 g/mol. The third-order valence-corrected chi connectivity index (χ3v) is 7.26. The molecular weight excluding hydrogens is 478 g/mol. The summed E-state index contributed by atoms with van der Waals surface area (Å²) in [5.74, 6) is 1.01. The lowest BCUT2D eigenvalue weighted by molar-refractivity contribution is -0.133. The number of ether oxygens (including phenoxy) is 1. The van der Waals surface area contributed by atoms with Crippen molar-refractivity contribution in [1.29, 1.82) is 0 Å². The molecule has 0 aliphatic carbocycles. The Morgan fingerprint density at radius 3 is 2.71 bits per heavy atom. The standard InChI is InChI=1S/C29H37N7O2/c1-6-21(11-12-34(7-2)29(37)19(3)4)26-20(5)31-28-27(35-13-15-38-16-14-35)32-25(18-36(26)28)22-9-8-10-24-23(22)17-30-33-24/h8-11,17-19H,6-7,12-16H2,1-5H3,(H,30,33)/b21-11+. The van der Waals surface area contributed by atoms with Crippen LogP contribution in [-0.2, 0) is 9.53 Å². The average molecular weight is 516 g/mol. The number of imidazole rings is 1. The van der Waals surface area contributed by atoms with Gasteiger partial charge >= 0.3 is 0 Å². The first-order valence-corrected chi connectivity index (χ1v) is 13.6. The van der Waals surface area contributed by atoms with Crippen molar-refractivity contribution >= 4 is 33.8 Å². The number of anilines is 1. The maximum absolute atomic E-state index is 12.7. The zero-order chi connectivity index (χ0) is 26.8. The van der Waals surface area contributed by atoms with Gasteiger partial charge in [0.05, 0.1) is 42.0 Å². The lowest BCUT2D eigenvalue weighted by Gasteiger charge is -2.28. The maximum Gasteiger partial charge on any atom is 0.225 e. The van der Waals surface area contributed by atoms with E-state index in [1.807, 2.05) is 44.0 Å². The molecule has 0 radical (unpaired) electrons. The number of benzene rings is 1. The van der Waals surface area contributed by atoms with E-state index in [2.05, 4.69) is 51.7 Å². The molecular formula is C29H37N7O2. The molecule has 0 atom stereocenters. The van der Waals surface area contributed by atoms with Crippen LogP contribution in [0.3, 0.4) is 0 Å².